The van der Waals surface area contributed by atoms with Crippen LogP contribution in [0.3, 0.4) is 0 Å². The van der Waals surface area contributed by atoms with Gasteiger partial charge < -0.3 is 21.7 Å². The predicted octanol–water partition coefficient (Wildman–Crippen LogP) is 3.53. The van der Waals surface area contributed by atoms with Crippen LogP contribution < -0.4 is 11.5 Å². The van der Waals surface area contributed by atoms with Crippen LogP contribution in [0.15, 0.2) is 0 Å². The molecule has 0 radical (unpaired) electrons. The van der Waals surface area contributed by atoms with E-state index in [1.807, 2.05) is 0 Å². The lowest BCUT2D eigenvalue weighted by atomic mass is 9.50. The molecule has 160 valence electrons. The van der Waals surface area contributed by atoms with Crippen molar-refractivity contribution in [2.45, 2.75) is 104 Å². The van der Waals surface area contributed by atoms with E-state index in [-0.39, 0.29) is 29.3 Å². The molecule has 10 unspecified atom stereocenters. The fourth-order valence-electron chi connectivity index (χ4n) is 6.57. The maximum Gasteiger partial charge on any atom is 0.0719 e. The fraction of sp³-hybridized carbons (Fsp3) is 1.00. The molecule has 2 aliphatic rings. The Morgan fingerprint density at radius 2 is 1.22 bits per heavy atom. The number of hydrogen-bond acceptors (Lipinski definition) is 4. The monoisotopic (exact) mass is 382 g/mol. The molecule has 0 aromatic heterocycles. The lowest BCUT2D eigenvalue weighted by Crippen LogP contribution is -2.59. The molecule has 2 rings (SSSR count). The van der Waals surface area contributed by atoms with E-state index >= 15 is 0 Å². The zero-order valence-electron chi connectivity index (χ0n) is 18.6. The lowest BCUT2D eigenvalue weighted by molar-refractivity contribution is -0.102. The number of aliphatic hydroxyl groups is 2. The Kier molecular flexibility index (Phi) is 7.80. The second kappa shape index (κ2) is 9.11. The van der Waals surface area contributed by atoms with Crippen LogP contribution >= 0.6 is 0 Å². The molecule has 0 aromatic carbocycles. The summed E-state index contributed by atoms with van der Waals surface area (Å²) in [6, 6.07) is -0.306. The SMILES string of the molecule is CCCCCC(C)(C1CC(C)C(O)C(N)C1C)C1CC(C)C(O)C(N)C1C. The van der Waals surface area contributed by atoms with Gasteiger partial charge in [0.05, 0.1) is 12.2 Å². The molecule has 0 aliphatic heterocycles. The first-order valence-electron chi connectivity index (χ1n) is 11.4. The van der Waals surface area contributed by atoms with Crippen molar-refractivity contribution < 1.29 is 10.2 Å². The van der Waals surface area contributed by atoms with Crippen molar-refractivity contribution in [3.05, 3.63) is 0 Å². The van der Waals surface area contributed by atoms with E-state index in [1.165, 1.54) is 25.7 Å². The van der Waals surface area contributed by atoms with E-state index in [2.05, 4.69) is 41.5 Å². The van der Waals surface area contributed by atoms with Crippen LogP contribution in [-0.4, -0.2) is 34.5 Å². The summed E-state index contributed by atoms with van der Waals surface area (Å²) < 4.78 is 0. The van der Waals surface area contributed by atoms with Crippen molar-refractivity contribution in [1.82, 2.24) is 0 Å². The van der Waals surface area contributed by atoms with Crippen LogP contribution in [0.4, 0.5) is 0 Å². The average Bonchev–Trinajstić information content (AvgIpc) is 2.64. The Morgan fingerprint density at radius 3 is 1.59 bits per heavy atom. The van der Waals surface area contributed by atoms with E-state index in [9.17, 15) is 10.2 Å². The molecule has 2 saturated carbocycles. The summed E-state index contributed by atoms with van der Waals surface area (Å²) in [6.45, 7) is 13.5. The lowest BCUT2D eigenvalue weighted by Gasteiger charge is -2.57. The van der Waals surface area contributed by atoms with Gasteiger partial charge in [-0.05, 0) is 60.2 Å². The average molecular weight is 383 g/mol. The van der Waals surface area contributed by atoms with E-state index in [4.69, 9.17) is 11.5 Å². The Labute approximate surface area is 167 Å². The van der Waals surface area contributed by atoms with Crippen molar-refractivity contribution >= 4 is 0 Å². The van der Waals surface area contributed by atoms with Gasteiger partial charge >= 0.3 is 0 Å². The van der Waals surface area contributed by atoms with Crippen LogP contribution in [-0.2, 0) is 0 Å². The predicted molar refractivity (Wildman–Crippen MR) is 113 cm³/mol. The van der Waals surface area contributed by atoms with Crippen LogP contribution in [0, 0.1) is 40.9 Å². The molecular weight excluding hydrogens is 336 g/mol. The van der Waals surface area contributed by atoms with Gasteiger partial charge in [0.1, 0.15) is 0 Å². The minimum Gasteiger partial charge on any atom is -0.391 e. The molecule has 27 heavy (non-hydrogen) atoms. The van der Waals surface area contributed by atoms with Gasteiger partial charge in [0.15, 0.2) is 0 Å². The number of hydrogen-bond donors (Lipinski definition) is 4. The molecule has 0 amide bonds. The molecule has 0 heterocycles. The van der Waals surface area contributed by atoms with Gasteiger partial charge in [-0.2, -0.15) is 0 Å². The largest absolute Gasteiger partial charge is 0.391 e. The van der Waals surface area contributed by atoms with Crippen LogP contribution in [0.1, 0.15) is 80.1 Å². The van der Waals surface area contributed by atoms with Gasteiger partial charge in [-0.25, -0.2) is 0 Å². The summed E-state index contributed by atoms with van der Waals surface area (Å²) >= 11 is 0. The third kappa shape index (κ3) is 4.39. The van der Waals surface area contributed by atoms with Crippen molar-refractivity contribution in [2.75, 3.05) is 0 Å². The molecule has 2 aliphatic carbocycles. The molecule has 4 nitrogen and oxygen atoms in total. The summed E-state index contributed by atoms with van der Waals surface area (Å²) in [7, 11) is 0. The highest BCUT2D eigenvalue weighted by molar-refractivity contribution is 5.04. The zero-order valence-corrected chi connectivity index (χ0v) is 18.6. The van der Waals surface area contributed by atoms with Gasteiger partial charge in [-0.1, -0.05) is 60.8 Å². The standard InChI is InChI=1S/C23H46N2O2/c1-7-8-9-10-23(6,17-11-13(2)21(26)19(24)15(17)4)18-12-14(3)22(27)20(25)16(18)5/h13-22,26-27H,7-12,24-25H2,1-6H3. The van der Waals surface area contributed by atoms with Crippen LogP contribution in [0.5, 0.6) is 0 Å². The smallest absolute Gasteiger partial charge is 0.0719 e. The first kappa shape index (κ1) is 23.1. The highest BCUT2D eigenvalue weighted by atomic mass is 16.3. The summed E-state index contributed by atoms with van der Waals surface area (Å²) in [5.41, 5.74) is 13.1. The number of aliphatic hydroxyl groups excluding tert-OH is 2. The second-order valence-corrected chi connectivity index (χ2v) is 10.5. The Bertz CT molecular complexity index is 437. The highest BCUT2D eigenvalue weighted by Crippen LogP contribution is 2.56. The number of unbranched alkanes of at least 4 members (excludes halogenated alkanes) is 2. The van der Waals surface area contributed by atoms with Gasteiger partial charge in [-0.3, -0.25) is 0 Å². The molecule has 0 spiro atoms. The van der Waals surface area contributed by atoms with Gasteiger partial charge in [0.25, 0.3) is 0 Å². The van der Waals surface area contributed by atoms with Crippen molar-refractivity contribution in [3.8, 4) is 0 Å². The molecular formula is C23H46N2O2. The third-order valence-electron chi connectivity index (χ3n) is 8.70. The van der Waals surface area contributed by atoms with Crippen LogP contribution in [0.25, 0.3) is 0 Å². The Hall–Kier alpha value is -0.160. The minimum absolute atomic E-state index is 0.145. The quantitative estimate of drug-likeness (QED) is 0.529. The van der Waals surface area contributed by atoms with Gasteiger partial charge in [0, 0.05) is 12.1 Å². The fourth-order valence-corrected chi connectivity index (χ4v) is 6.57. The summed E-state index contributed by atoms with van der Waals surface area (Å²) in [6.07, 6.45) is 6.17. The molecule has 2 fully saturated rings. The number of nitrogens with two attached hydrogens (primary N) is 2. The molecule has 0 aromatic rings. The summed E-state index contributed by atoms with van der Waals surface area (Å²) in [4.78, 5) is 0. The van der Waals surface area contributed by atoms with Crippen molar-refractivity contribution in [3.63, 3.8) is 0 Å². The first-order chi connectivity index (χ1) is 12.6. The first-order valence-corrected chi connectivity index (χ1v) is 11.4. The Balaban J connectivity index is 2.36. The molecule has 6 N–H and O–H groups in total. The second-order valence-electron chi connectivity index (χ2n) is 10.5. The third-order valence-corrected chi connectivity index (χ3v) is 8.70. The topological polar surface area (TPSA) is 92.5 Å². The molecule has 10 atom stereocenters. The normalized spacial score (nSPS) is 48.2. The van der Waals surface area contributed by atoms with E-state index in [0.717, 1.165) is 12.8 Å². The van der Waals surface area contributed by atoms with Crippen molar-refractivity contribution in [1.29, 1.82) is 0 Å². The summed E-state index contributed by atoms with van der Waals surface area (Å²) in [5, 5.41) is 21.0. The Morgan fingerprint density at radius 1 is 0.815 bits per heavy atom. The molecule has 0 saturated heterocycles. The number of rotatable bonds is 6. The minimum atomic E-state index is -0.400. The van der Waals surface area contributed by atoms with E-state index in [1.54, 1.807) is 0 Å². The van der Waals surface area contributed by atoms with E-state index < -0.39 is 12.2 Å². The van der Waals surface area contributed by atoms with Crippen molar-refractivity contribution in [2.24, 2.45) is 52.4 Å². The maximum atomic E-state index is 10.5. The molecule has 0 bridgehead atoms. The highest BCUT2D eigenvalue weighted by Gasteiger charge is 2.53. The van der Waals surface area contributed by atoms with Crippen LogP contribution in [0.2, 0.25) is 0 Å². The van der Waals surface area contributed by atoms with Gasteiger partial charge in [0.2, 0.25) is 0 Å². The summed E-state index contributed by atoms with van der Waals surface area (Å²) in [5.74, 6) is 2.06. The maximum absolute atomic E-state index is 10.5. The molecule has 4 heteroatoms. The van der Waals surface area contributed by atoms with Gasteiger partial charge in [-0.15, -0.1) is 0 Å². The zero-order chi connectivity index (χ0) is 20.5. The van der Waals surface area contributed by atoms with E-state index in [0.29, 0.717) is 23.7 Å².